The smallest absolute Gasteiger partial charge is 0.246 e. The van der Waals surface area contributed by atoms with Gasteiger partial charge in [-0.2, -0.15) is 0 Å². The van der Waals surface area contributed by atoms with Gasteiger partial charge in [-0.3, -0.25) is 4.79 Å². The Labute approximate surface area is 142 Å². The quantitative estimate of drug-likeness (QED) is 0.828. The minimum Gasteiger partial charge on any atom is -0.378 e. The number of hydrogen-bond donors (Lipinski definition) is 2. The summed E-state index contributed by atoms with van der Waals surface area (Å²) in [5.41, 5.74) is 6.32. The number of ether oxygens (including phenoxy) is 1. The Balaban J connectivity index is 1.70. The van der Waals surface area contributed by atoms with Gasteiger partial charge in [0.25, 0.3) is 0 Å². The highest BCUT2D eigenvalue weighted by Crippen LogP contribution is 2.50. The number of anilines is 1. The molecule has 6 heteroatoms. The second-order valence-corrected chi connectivity index (χ2v) is 8.33. The van der Waals surface area contributed by atoms with Crippen LogP contribution >= 0.6 is 11.3 Å². The summed E-state index contributed by atoms with van der Waals surface area (Å²) in [5, 5.41) is 3.66. The molecule has 0 spiro atoms. The van der Waals surface area contributed by atoms with Crippen LogP contribution in [0.2, 0.25) is 0 Å². The average molecular weight is 337 g/mol. The van der Waals surface area contributed by atoms with Crippen LogP contribution in [0.5, 0.6) is 0 Å². The first-order valence-electron chi connectivity index (χ1n) is 8.59. The summed E-state index contributed by atoms with van der Waals surface area (Å²) < 4.78 is 5.70. The second kappa shape index (κ2) is 6.15. The number of rotatable bonds is 4. The van der Waals surface area contributed by atoms with Gasteiger partial charge in [-0.1, -0.05) is 20.3 Å². The number of carbonyl (C=O) groups is 1. The molecule has 0 saturated heterocycles. The summed E-state index contributed by atoms with van der Waals surface area (Å²) in [5.74, 6) is -0.137. The van der Waals surface area contributed by atoms with Gasteiger partial charge in [0.05, 0.1) is 11.8 Å². The van der Waals surface area contributed by atoms with Crippen molar-refractivity contribution in [1.82, 2.24) is 4.98 Å². The van der Waals surface area contributed by atoms with Crippen LogP contribution < -0.4 is 11.1 Å². The lowest BCUT2D eigenvalue weighted by atomic mass is 9.54. The number of nitrogens with two attached hydrogens (primary N) is 1. The van der Waals surface area contributed by atoms with Crippen molar-refractivity contribution < 1.29 is 9.53 Å². The van der Waals surface area contributed by atoms with Gasteiger partial charge < -0.3 is 15.8 Å². The van der Waals surface area contributed by atoms with E-state index in [0.29, 0.717) is 18.2 Å². The van der Waals surface area contributed by atoms with Gasteiger partial charge in [-0.15, -0.1) is 11.3 Å². The summed E-state index contributed by atoms with van der Waals surface area (Å²) in [6.07, 6.45) is 6.37. The lowest BCUT2D eigenvalue weighted by Gasteiger charge is -2.57. The fourth-order valence-electron chi connectivity index (χ4n) is 3.61. The summed E-state index contributed by atoms with van der Waals surface area (Å²) in [7, 11) is 0. The molecular formula is C17H27N3O2S. The van der Waals surface area contributed by atoms with Gasteiger partial charge in [0.1, 0.15) is 5.54 Å². The largest absolute Gasteiger partial charge is 0.378 e. The van der Waals surface area contributed by atoms with Crippen LogP contribution in [0.1, 0.15) is 57.0 Å². The zero-order valence-electron chi connectivity index (χ0n) is 14.3. The molecule has 2 aliphatic carbocycles. The first kappa shape index (κ1) is 16.9. The molecule has 2 unspecified atom stereocenters. The van der Waals surface area contributed by atoms with Gasteiger partial charge in [0, 0.05) is 23.3 Å². The van der Waals surface area contributed by atoms with Crippen LogP contribution in [0, 0.1) is 5.41 Å². The predicted molar refractivity (Wildman–Crippen MR) is 92.7 cm³/mol. The van der Waals surface area contributed by atoms with E-state index in [4.69, 9.17) is 10.5 Å². The highest BCUT2D eigenvalue weighted by Gasteiger charge is 2.63. The summed E-state index contributed by atoms with van der Waals surface area (Å²) in [4.78, 5) is 18.7. The third-order valence-corrected chi connectivity index (χ3v) is 6.62. The van der Waals surface area contributed by atoms with E-state index >= 15 is 0 Å². The number of nitrogens with zero attached hydrogens (tertiary/aromatic N) is 1. The lowest BCUT2D eigenvalue weighted by molar-refractivity contribution is -0.166. The molecule has 0 aliphatic heterocycles. The molecule has 1 amide bonds. The van der Waals surface area contributed by atoms with E-state index < -0.39 is 5.54 Å². The average Bonchev–Trinajstić information content (AvgIpc) is 2.75. The van der Waals surface area contributed by atoms with E-state index in [-0.39, 0.29) is 17.4 Å². The van der Waals surface area contributed by atoms with Crippen molar-refractivity contribution in [2.45, 2.75) is 70.9 Å². The number of fused-ring (bicyclic) bond motifs is 1. The van der Waals surface area contributed by atoms with Crippen molar-refractivity contribution in [3.8, 4) is 0 Å². The van der Waals surface area contributed by atoms with Crippen LogP contribution in [-0.2, 0) is 22.4 Å². The van der Waals surface area contributed by atoms with Crippen LogP contribution in [0.15, 0.2) is 0 Å². The standard InChI is InChI=1S/C17H27N3O2S/c1-4-22-13-10-17(18,16(13,2)3)14(21)20-15-19-11-8-6-5-7-9-12(11)23-15/h13H,4-10,18H2,1-3H3,(H,19,20,21). The molecule has 23 heavy (non-hydrogen) atoms. The van der Waals surface area contributed by atoms with Gasteiger partial charge in [-0.25, -0.2) is 4.98 Å². The number of amides is 1. The normalized spacial score (nSPS) is 29.3. The number of thiazole rings is 1. The molecule has 1 aromatic heterocycles. The summed E-state index contributed by atoms with van der Waals surface area (Å²) in [6.45, 7) is 6.63. The lowest BCUT2D eigenvalue weighted by Crippen LogP contribution is -2.74. The van der Waals surface area contributed by atoms with Crippen LogP contribution in [0.3, 0.4) is 0 Å². The molecule has 1 heterocycles. The van der Waals surface area contributed by atoms with Gasteiger partial charge in [0.15, 0.2) is 5.13 Å². The Morgan fingerprint density at radius 1 is 1.39 bits per heavy atom. The fraction of sp³-hybridized carbons (Fsp3) is 0.765. The minimum atomic E-state index is -0.893. The molecule has 0 aromatic carbocycles. The first-order valence-corrected chi connectivity index (χ1v) is 9.40. The maximum absolute atomic E-state index is 12.7. The Hall–Kier alpha value is -0.980. The van der Waals surface area contributed by atoms with Crippen LogP contribution in [0.25, 0.3) is 0 Å². The molecule has 0 radical (unpaired) electrons. The Morgan fingerprint density at radius 2 is 2.13 bits per heavy atom. The molecule has 1 saturated carbocycles. The zero-order valence-corrected chi connectivity index (χ0v) is 15.1. The number of nitrogens with one attached hydrogen (secondary N) is 1. The molecule has 1 fully saturated rings. The van der Waals surface area contributed by atoms with Crippen LogP contribution in [0.4, 0.5) is 5.13 Å². The molecule has 2 aliphatic rings. The van der Waals surface area contributed by atoms with Crippen molar-refractivity contribution in [3.63, 3.8) is 0 Å². The molecule has 1 aromatic rings. The number of carbonyl (C=O) groups excluding carboxylic acids is 1. The van der Waals surface area contributed by atoms with E-state index in [2.05, 4.69) is 10.3 Å². The highest BCUT2D eigenvalue weighted by molar-refractivity contribution is 7.15. The van der Waals surface area contributed by atoms with E-state index in [0.717, 1.165) is 18.5 Å². The zero-order chi connectivity index (χ0) is 16.7. The predicted octanol–water partition coefficient (Wildman–Crippen LogP) is 2.88. The third kappa shape index (κ3) is 2.81. The van der Waals surface area contributed by atoms with Crippen molar-refractivity contribution in [1.29, 1.82) is 0 Å². The molecule has 3 rings (SSSR count). The molecule has 2 atom stereocenters. The molecular weight excluding hydrogens is 310 g/mol. The van der Waals surface area contributed by atoms with Gasteiger partial charge in [0.2, 0.25) is 5.91 Å². The minimum absolute atomic E-state index is 0.0382. The third-order valence-electron chi connectivity index (χ3n) is 5.55. The van der Waals surface area contributed by atoms with Gasteiger partial charge >= 0.3 is 0 Å². The van der Waals surface area contributed by atoms with E-state index in [1.807, 2.05) is 20.8 Å². The Morgan fingerprint density at radius 3 is 2.83 bits per heavy atom. The molecule has 3 N–H and O–H groups in total. The highest BCUT2D eigenvalue weighted by atomic mass is 32.1. The van der Waals surface area contributed by atoms with Gasteiger partial charge in [-0.05, 0) is 32.6 Å². The maximum atomic E-state index is 12.7. The molecule has 128 valence electrons. The Kier molecular flexibility index (Phi) is 4.51. The van der Waals surface area contributed by atoms with E-state index in [9.17, 15) is 4.79 Å². The van der Waals surface area contributed by atoms with E-state index in [1.54, 1.807) is 11.3 Å². The number of aromatic nitrogens is 1. The van der Waals surface area contributed by atoms with Crippen molar-refractivity contribution in [3.05, 3.63) is 10.6 Å². The Bertz CT molecular complexity index is 575. The van der Waals surface area contributed by atoms with Crippen molar-refractivity contribution in [2.75, 3.05) is 11.9 Å². The first-order chi connectivity index (χ1) is 10.9. The number of hydrogen-bond acceptors (Lipinski definition) is 5. The monoisotopic (exact) mass is 337 g/mol. The summed E-state index contributed by atoms with van der Waals surface area (Å²) >= 11 is 1.61. The van der Waals surface area contributed by atoms with E-state index in [1.165, 1.54) is 24.1 Å². The summed E-state index contributed by atoms with van der Waals surface area (Å²) in [6, 6.07) is 0. The van der Waals surface area contributed by atoms with Crippen molar-refractivity contribution in [2.24, 2.45) is 11.1 Å². The topological polar surface area (TPSA) is 77.2 Å². The van der Waals surface area contributed by atoms with Crippen LogP contribution in [-0.4, -0.2) is 29.1 Å². The SMILES string of the molecule is CCOC1CC(N)(C(=O)Nc2nc3c(s2)CCCCC3)C1(C)C. The van der Waals surface area contributed by atoms with Crippen molar-refractivity contribution >= 4 is 22.4 Å². The molecule has 5 nitrogen and oxygen atoms in total. The maximum Gasteiger partial charge on any atom is 0.246 e. The molecule has 0 bridgehead atoms. The number of aryl methyl sites for hydroxylation is 2. The second-order valence-electron chi connectivity index (χ2n) is 7.24. The fourth-order valence-corrected chi connectivity index (χ4v) is 4.66.